The van der Waals surface area contributed by atoms with Gasteiger partial charge >= 0.3 is 12.1 Å². The van der Waals surface area contributed by atoms with Crippen LogP contribution in [0, 0.1) is 0 Å². The summed E-state index contributed by atoms with van der Waals surface area (Å²) >= 11 is 0. The van der Waals surface area contributed by atoms with Crippen molar-refractivity contribution in [3.05, 3.63) is 23.8 Å². The molecule has 152 valence electrons. The summed E-state index contributed by atoms with van der Waals surface area (Å²) in [4.78, 5) is 24.7. The predicted molar refractivity (Wildman–Crippen MR) is 101 cm³/mol. The molecule has 1 aromatic rings. The molecule has 0 fully saturated rings. The molecule has 1 aromatic carbocycles. The van der Waals surface area contributed by atoms with Gasteiger partial charge in [-0.2, -0.15) is 0 Å². The topological polar surface area (TPSA) is 113 Å². The number of rotatable bonds is 7. The normalized spacial score (nSPS) is 11.6. The van der Waals surface area contributed by atoms with Crippen molar-refractivity contribution in [1.82, 2.24) is 4.90 Å². The zero-order chi connectivity index (χ0) is 21.0. The summed E-state index contributed by atoms with van der Waals surface area (Å²) in [6.45, 7) is 5.62. The van der Waals surface area contributed by atoms with Crippen molar-refractivity contribution in [2.75, 3.05) is 37.8 Å². The molecule has 0 aliphatic rings. The Morgan fingerprint density at radius 2 is 1.78 bits per heavy atom. The van der Waals surface area contributed by atoms with Gasteiger partial charge < -0.3 is 19.5 Å². The third kappa shape index (κ3) is 6.97. The second-order valence-electron chi connectivity index (χ2n) is 6.96. The van der Waals surface area contributed by atoms with Gasteiger partial charge in [0.1, 0.15) is 18.0 Å². The lowest BCUT2D eigenvalue weighted by molar-refractivity contribution is 0.0278. The summed E-state index contributed by atoms with van der Waals surface area (Å²) in [7, 11) is -0.775. The van der Waals surface area contributed by atoms with E-state index in [4.69, 9.17) is 9.47 Å². The van der Waals surface area contributed by atoms with E-state index in [1.54, 1.807) is 27.8 Å². The highest BCUT2D eigenvalue weighted by Gasteiger charge is 2.21. The van der Waals surface area contributed by atoms with Gasteiger partial charge in [-0.25, -0.2) is 18.0 Å². The summed E-state index contributed by atoms with van der Waals surface area (Å²) < 4.78 is 34.9. The van der Waals surface area contributed by atoms with Crippen LogP contribution in [0.25, 0.3) is 0 Å². The highest BCUT2D eigenvalue weighted by atomic mass is 32.2. The maximum Gasteiger partial charge on any atom is 0.410 e. The number of hydrogen-bond acceptors (Lipinski definition) is 6. The third-order valence-corrected chi connectivity index (χ3v) is 4.63. The molecule has 0 aromatic heterocycles. The standard InChI is InChI=1S/C17H26N2O7S/c1-17(2,3)26-16(22)18(4)9-10-25-12-7-8-14(13(11-12)15(20)21)19(5)27(6,23)24/h7-8,11H,9-10H2,1-6H3,(H,20,21). The van der Waals surface area contributed by atoms with Crippen LogP contribution in [0.4, 0.5) is 10.5 Å². The Bertz CT molecular complexity index is 800. The number of benzene rings is 1. The monoisotopic (exact) mass is 402 g/mol. The average molecular weight is 402 g/mol. The van der Waals surface area contributed by atoms with Gasteiger partial charge in [-0.05, 0) is 39.0 Å². The maximum absolute atomic E-state index is 11.9. The molecule has 1 rings (SSSR count). The van der Waals surface area contributed by atoms with E-state index in [9.17, 15) is 23.1 Å². The van der Waals surface area contributed by atoms with E-state index >= 15 is 0 Å². The number of sulfonamides is 1. The van der Waals surface area contributed by atoms with Crippen molar-refractivity contribution < 1.29 is 32.6 Å². The minimum atomic E-state index is -3.61. The Morgan fingerprint density at radius 1 is 1.19 bits per heavy atom. The molecule has 27 heavy (non-hydrogen) atoms. The number of likely N-dealkylation sites (N-methyl/N-ethyl adjacent to an activating group) is 1. The first-order chi connectivity index (χ1) is 12.2. The largest absolute Gasteiger partial charge is 0.492 e. The number of ether oxygens (including phenoxy) is 2. The SMILES string of the molecule is CN(CCOc1ccc(N(C)S(C)(=O)=O)c(C(=O)O)c1)C(=O)OC(C)(C)C. The van der Waals surface area contributed by atoms with Crippen molar-refractivity contribution in [3.63, 3.8) is 0 Å². The molecule has 0 saturated heterocycles. The number of carboxylic acid groups (broad SMARTS) is 1. The number of carbonyl (C=O) groups is 2. The summed E-state index contributed by atoms with van der Waals surface area (Å²) in [6, 6.07) is 4.07. The fourth-order valence-electron chi connectivity index (χ4n) is 1.96. The van der Waals surface area contributed by atoms with E-state index in [-0.39, 0.29) is 30.2 Å². The van der Waals surface area contributed by atoms with E-state index in [1.807, 2.05) is 0 Å². The van der Waals surface area contributed by atoms with E-state index in [0.29, 0.717) is 0 Å². The summed E-state index contributed by atoms with van der Waals surface area (Å²) in [5.74, 6) is -1.03. The minimum Gasteiger partial charge on any atom is -0.492 e. The van der Waals surface area contributed by atoms with E-state index < -0.39 is 27.7 Å². The molecule has 0 atom stereocenters. The second kappa shape index (κ2) is 8.47. The molecule has 0 spiro atoms. The minimum absolute atomic E-state index is 0.0308. The average Bonchev–Trinajstić information content (AvgIpc) is 2.51. The van der Waals surface area contributed by atoms with Crippen LogP contribution in [0.15, 0.2) is 18.2 Å². The number of hydrogen-bond donors (Lipinski definition) is 1. The first kappa shape index (κ1) is 22.6. The van der Waals surface area contributed by atoms with E-state index in [1.165, 1.54) is 30.1 Å². The van der Waals surface area contributed by atoms with Gasteiger partial charge in [0.2, 0.25) is 10.0 Å². The molecular weight excluding hydrogens is 376 g/mol. The van der Waals surface area contributed by atoms with Gasteiger partial charge in [0.25, 0.3) is 0 Å². The number of nitrogens with zero attached hydrogens (tertiary/aromatic N) is 2. The molecule has 9 nitrogen and oxygen atoms in total. The summed E-state index contributed by atoms with van der Waals surface area (Å²) in [6.07, 6.45) is 0.484. The Hall–Kier alpha value is -2.49. The Kier molecular flexibility index (Phi) is 7.07. The molecule has 1 amide bonds. The molecule has 10 heteroatoms. The predicted octanol–water partition coefficient (Wildman–Crippen LogP) is 2.03. The zero-order valence-electron chi connectivity index (χ0n) is 16.3. The lowest BCUT2D eigenvalue weighted by Gasteiger charge is -2.24. The second-order valence-corrected chi connectivity index (χ2v) is 8.98. The lowest BCUT2D eigenvalue weighted by atomic mass is 10.1. The van der Waals surface area contributed by atoms with Gasteiger partial charge in [-0.3, -0.25) is 4.31 Å². The smallest absolute Gasteiger partial charge is 0.410 e. The number of carbonyl (C=O) groups excluding carboxylic acids is 1. The summed E-state index contributed by atoms with van der Waals surface area (Å²) in [5, 5.41) is 9.35. The van der Waals surface area contributed by atoms with E-state index in [2.05, 4.69) is 0 Å². The number of carboxylic acids is 1. The highest BCUT2D eigenvalue weighted by Crippen LogP contribution is 2.26. The van der Waals surface area contributed by atoms with Crippen molar-refractivity contribution in [2.45, 2.75) is 26.4 Å². The van der Waals surface area contributed by atoms with Gasteiger partial charge in [0.15, 0.2) is 0 Å². The molecule has 0 heterocycles. The molecule has 0 saturated carbocycles. The van der Waals surface area contributed by atoms with Crippen LogP contribution in [0.1, 0.15) is 31.1 Å². The van der Waals surface area contributed by atoms with Gasteiger partial charge in [0, 0.05) is 14.1 Å². The third-order valence-electron chi connectivity index (χ3n) is 3.44. The van der Waals surface area contributed by atoms with Gasteiger partial charge in [-0.1, -0.05) is 0 Å². The molecule has 0 aliphatic heterocycles. The molecule has 0 bridgehead atoms. The number of aromatic carboxylic acids is 1. The molecule has 0 radical (unpaired) electrons. The van der Waals surface area contributed by atoms with Crippen LogP contribution >= 0.6 is 0 Å². The fraction of sp³-hybridized carbons (Fsp3) is 0.529. The Morgan fingerprint density at radius 3 is 2.26 bits per heavy atom. The van der Waals surface area contributed by atoms with Crippen LogP contribution in [0.2, 0.25) is 0 Å². The van der Waals surface area contributed by atoms with Crippen molar-refractivity contribution in [3.8, 4) is 5.75 Å². The lowest BCUT2D eigenvalue weighted by Crippen LogP contribution is -2.36. The molecule has 0 unspecified atom stereocenters. The highest BCUT2D eigenvalue weighted by molar-refractivity contribution is 7.92. The van der Waals surface area contributed by atoms with Crippen LogP contribution in [0.5, 0.6) is 5.75 Å². The first-order valence-corrected chi connectivity index (χ1v) is 9.95. The molecule has 0 aliphatic carbocycles. The van der Waals surface area contributed by atoms with Crippen LogP contribution in [0.3, 0.4) is 0 Å². The molecule has 1 N–H and O–H groups in total. The van der Waals surface area contributed by atoms with Crippen molar-refractivity contribution in [2.24, 2.45) is 0 Å². The Labute approximate surface area is 159 Å². The van der Waals surface area contributed by atoms with Gasteiger partial charge in [0.05, 0.1) is 24.1 Å². The summed E-state index contributed by atoms with van der Waals surface area (Å²) in [5.41, 5.74) is -0.784. The van der Waals surface area contributed by atoms with Gasteiger partial charge in [-0.15, -0.1) is 0 Å². The van der Waals surface area contributed by atoms with Crippen molar-refractivity contribution >= 4 is 27.8 Å². The zero-order valence-corrected chi connectivity index (χ0v) is 17.2. The fourth-order valence-corrected chi connectivity index (χ4v) is 2.48. The van der Waals surface area contributed by atoms with E-state index in [0.717, 1.165) is 10.6 Å². The van der Waals surface area contributed by atoms with Crippen molar-refractivity contribution in [1.29, 1.82) is 0 Å². The Balaban J connectivity index is 2.81. The van der Waals surface area contributed by atoms with Crippen LogP contribution in [-0.2, 0) is 14.8 Å². The quantitative estimate of drug-likeness (QED) is 0.742. The van der Waals surface area contributed by atoms with Crippen LogP contribution < -0.4 is 9.04 Å². The molecular formula is C17H26N2O7S. The first-order valence-electron chi connectivity index (χ1n) is 8.10. The maximum atomic E-state index is 11.9. The number of amides is 1. The van der Waals surface area contributed by atoms with Crippen LogP contribution in [-0.4, -0.2) is 69.6 Å². The number of anilines is 1.